The van der Waals surface area contributed by atoms with Gasteiger partial charge in [-0.15, -0.1) is 0 Å². The van der Waals surface area contributed by atoms with E-state index < -0.39 is 0 Å². The third-order valence-electron chi connectivity index (χ3n) is 5.66. The van der Waals surface area contributed by atoms with Crippen LogP contribution in [0.3, 0.4) is 0 Å². The van der Waals surface area contributed by atoms with E-state index in [0.29, 0.717) is 31.3 Å². The molecule has 0 radical (unpaired) electrons. The molecule has 5 rings (SSSR count). The Hall–Kier alpha value is -3.23. The highest BCUT2D eigenvalue weighted by Crippen LogP contribution is 2.24. The summed E-state index contributed by atoms with van der Waals surface area (Å²) in [6, 6.07) is 15.5. The Bertz CT molecular complexity index is 1020. The number of hydrogen-bond donors (Lipinski definition) is 2. The van der Waals surface area contributed by atoms with Crippen LogP contribution in [0, 0.1) is 0 Å². The molecule has 3 aromatic rings. The number of nitrogens with one attached hydrogen (secondary N) is 2. The molecule has 1 aromatic heterocycles. The van der Waals surface area contributed by atoms with Gasteiger partial charge in [0.05, 0.1) is 12.6 Å². The lowest BCUT2D eigenvalue weighted by molar-refractivity contribution is 0.109. The standard InChI is InChI=1S/C23H25N5O3/c29-23(28-14-17-4-1-2-5-18(17)15-28)25-19-9-7-16(8-10-19)22-26-21(31-27-22)13-24-12-20-6-3-11-30-20/h1-2,4-5,7-10,20,24H,3,6,11-15H2,(H,25,29). The Kier molecular flexibility index (Phi) is 5.64. The average Bonchev–Trinajstić information content (AvgIpc) is 3.55. The molecule has 2 N–H and O–H groups in total. The first kappa shape index (κ1) is 19.7. The van der Waals surface area contributed by atoms with E-state index in [-0.39, 0.29) is 12.1 Å². The van der Waals surface area contributed by atoms with Crippen LogP contribution in [0.1, 0.15) is 29.9 Å². The summed E-state index contributed by atoms with van der Waals surface area (Å²) in [7, 11) is 0. The lowest BCUT2D eigenvalue weighted by Crippen LogP contribution is -2.30. The fourth-order valence-electron chi connectivity index (χ4n) is 3.97. The Labute approximate surface area is 180 Å². The zero-order valence-corrected chi connectivity index (χ0v) is 17.2. The van der Waals surface area contributed by atoms with Crippen molar-refractivity contribution in [3.63, 3.8) is 0 Å². The highest BCUT2D eigenvalue weighted by molar-refractivity contribution is 5.90. The average molecular weight is 419 g/mol. The lowest BCUT2D eigenvalue weighted by atomic mass is 10.1. The number of urea groups is 1. The van der Waals surface area contributed by atoms with Crippen LogP contribution in [0.15, 0.2) is 53.1 Å². The van der Waals surface area contributed by atoms with Crippen molar-refractivity contribution < 1.29 is 14.1 Å². The predicted molar refractivity (Wildman–Crippen MR) is 115 cm³/mol. The van der Waals surface area contributed by atoms with Gasteiger partial charge in [-0.25, -0.2) is 4.79 Å². The molecule has 1 atom stereocenters. The number of anilines is 1. The number of benzene rings is 2. The molecule has 0 saturated carbocycles. The van der Waals surface area contributed by atoms with Gasteiger partial charge in [-0.05, 0) is 48.2 Å². The SMILES string of the molecule is O=C(Nc1ccc(-c2noc(CNCC3CCCO3)n2)cc1)N1Cc2ccccc2C1. The van der Waals surface area contributed by atoms with Crippen molar-refractivity contribution in [2.45, 2.75) is 38.6 Å². The number of hydrogen-bond acceptors (Lipinski definition) is 6. The molecule has 0 bridgehead atoms. The maximum atomic E-state index is 12.6. The number of amides is 2. The van der Waals surface area contributed by atoms with Crippen molar-refractivity contribution >= 4 is 11.7 Å². The minimum Gasteiger partial charge on any atom is -0.377 e. The van der Waals surface area contributed by atoms with E-state index in [1.807, 2.05) is 36.4 Å². The summed E-state index contributed by atoms with van der Waals surface area (Å²) < 4.78 is 10.9. The molecular weight excluding hydrogens is 394 g/mol. The first-order valence-corrected chi connectivity index (χ1v) is 10.6. The largest absolute Gasteiger partial charge is 0.377 e. The monoisotopic (exact) mass is 419 g/mol. The summed E-state index contributed by atoms with van der Waals surface area (Å²) in [5.74, 6) is 1.07. The topological polar surface area (TPSA) is 92.5 Å². The van der Waals surface area contributed by atoms with Crippen LogP contribution < -0.4 is 10.6 Å². The molecular formula is C23H25N5O3. The van der Waals surface area contributed by atoms with Crippen LogP contribution in [0.4, 0.5) is 10.5 Å². The van der Waals surface area contributed by atoms with Gasteiger partial charge in [0.1, 0.15) is 0 Å². The van der Waals surface area contributed by atoms with Crippen LogP contribution in [0.2, 0.25) is 0 Å². The number of carbonyl (C=O) groups excluding carboxylic acids is 1. The summed E-state index contributed by atoms with van der Waals surface area (Å²) in [6.07, 6.45) is 2.49. The van der Waals surface area contributed by atoms with Crippen molar-refractivity contribution in [2.75, 3.05) is 18.5 Å². The van der Waals surface area contributed by atoms with E-state index in [0.717, 1.165) is 37.2 Å². The molecule has 2 aromatic carbocycles. The van der Waals surface area contributed by atoms with Gasteiger partial charge < -0.3 is 24.8 Å². The number of fused-ring (bicyclic) bond motifs is 1. The summed E-state index contributed by atoms with van der Waals surface area (Å²) >= 11 is 0. The molecule has 160 valence electrons. The van der Waals surface area contributed by atoms with Crippen molar-refractivity contribution in [1.29, 1.82) is 0 Å². The van der Waals surface area contributed by atoms with Crippen LogP contribution in [-0.2, 0) is 24.4 Å². The normalized spacial score (nSPS) is 17.7. The zero-order valence-electron chi connectivity index (χ0n) is 17.2. The second-order valence-electron chi connectivity index (χ2n) is 7.91. The first-order valence-electron chi connectivity index (χ1n) is 10.6. The minimum atomic E-state index is -0.108. The van der Waals surface area contributed by atoms with E-state index in [4.69, 9.17) is 9.26 Å². The van der Waals surface area contributed by atoms with Crippen molar-refractivity contribution in [3.8, 4) is 11.4 Å². The lowest BCUT2D eigenvalue weighted by Gasteiger charge is -2.16. The second-order valence-corrected chi connectivity index (χ2v) is 7.91. The van der Waals surface area contributed by atoms with E-state index in [1.165, 1.54) is 11.1 Å². The number of nitrogens with zero attached hydrogens (tertiary/aromatic N) is 3. The molecule has 2 aliphatic rings. The summed E-state index contributed by atoms with van der Waals surface area (Å²) in [4.78, 5) is 18.8. The van der Waals surface area contributed by atoms with E-state index in [1.54, 1.807) is 4.90 Å². The molecule has 1 saturated heterocycles. The third-order valence-corrected chi connectivity index (χ3v) is 5.66. The van der Waals surface area contributed by atoms with Gasteiger partial charge in [0, 0.05) is 37.5 Å². The zero-order chi connectivity index (χ0) is 21.0. The first-order chi connectivity index (χ1) is 15.2. The molecule has 1 unspecified atom stereocenters. The molecule has 8 heteroatoms. The number of aromatic nitrogens is 2. The van der Waals surface area contributed by atoms with Gasteiger partial charge in [-0.2, -0.15) is 4.98 Å². The smallest absolute Gasteiger partial charge is 0.322 e. The number of carbonyl (C=O) groups is 1. The maximum absolute atomic E-state index is 12.6. The quantitative estimate of drug-likeness (QED) is 0.635. The van der Waals surface area contributed by atoms with Crippen molar-refractivity contribution in [2.24, 2.45) is 0 Å². The summed E-state index contributed by atoms with van der Waals surface area (Å²) in [5, 5.41) is 10.3. The Balaban J connectivity index is 1.14. The van der Waals surface area contributed by atoms with Gasteiger partial charge in [-0.3, -0.25) is 0 Å². The van der Waals surface area contributed by atoms with Gasteiger partial charge in [-0.1, -0.05) is 29.4 Å². The Morgan fingerprint density at radius 2 is 1.87 bits per heavy atom. The molecule has 8 nitrogen and oxygen atoms in total. The molecule has 31 heavy (non-hydrogen) atoms. The van der Waals surface area contributed by atoms with Gasteiger partial charge >= 0.3 is 6.03 Å². The highest BCUT2D eigenvalue weighted by Gasteiger charge is 2.23. The molecule has 3 heterocycles. The molecule has 0 aliphatic carbocycles. The van der Waals surface area contributed by atoms with Gasteiger partial charge in [0.2, 0.25) is 11.7 Å². The minimum absolute atomic E-state index is 0.108. The molecule has 2 aliphatic heterocycles. The van der Waals surface area contributed by atoms with E-state index >= 15 is 0 Å². The van der Waals surface area contributed by atoms with E-state index in [2.05, 4.69) is 32.9 Å². The number of ether oxygens (including phenoxy) is 1. The van der Waals surface area contributed by atoms with Gasteiger partial charge in [0.15, 0.2) is 0 Å². The predicted octanol–water partition coefficient (Wildman–Crippen LogP) is 3.55. The van der Waals surface area contributed by atoms with Crippen molar-refractivity contribution in [1.82, 2.24) is 20.4 Å². The maximum Gasteiger partial charge on any atom is 0.322 e. The van der Waals surface area contributed by atoms with Crippen molar-refractivity contribution in [3.05, 3.63) is 65.5 Å². The molecule has 2 amide bonds. The van der Waals surface area contributed by atoms with Crippen LogP contribution in [0.25, 0.3) is 11.4 Å². The van der Waals surface area contributed by atoms with Crippen LogP contribution >= 0.6 is 0 Å². The van der Waals surface area contributed by atoms with Gasteiger partial charge in [0.25, 0.3) is 0 Å². The second kappa shape index (κ2) is 8.87. The summed E-state index contributed by atoms with van der Waals surface area (Å²) in [6.45, 7) is 3.41. The molecule has 1 fully saturated rings. The summed E-state index contributed by atoms with van der Waals surface area (Å²) in [5.41, 5.74) is 3.96. The fourth-order valence-corrected chi connectivity index (χ4v) is 3.97. The van der Waals surface area contributed by atoms with E-state index in [9.17, 15) is 4.79 Å². The highest BCUT2D eigenvalue weighted by atomic mass is 16.5. The number of rotatable bonds is 6. The Morgan fingerprint density at radius 1 is 1.10 bits per heavy atom. The third kappa shape index (κ3) is 4.60. The molecule has 0 spiro atoms. The Morgan fingerprint density at radius 3 is 2.58 bits per heavy atom. The fraction of sp³-hybridized carbons (Fsp3) is 0.348. The van der Waals surface area contributed by atoms with Crippen LogP contribution in [-0.4, -0.2) is 40.3 Å². The van der Waals surface area contributed by atoms with Crippen LogP contribution in [0.5, 0.6) is 0 Å².